The maximum Gasteiger partial charge on any atom is 0.234 e. The molecule has 114 valence electrons. The monoisotopic (exact) mass is 281 g/mol. The maximum atomic E-state index is 12.7. The van der Waals surface area contributed by atoms with Crippen molar-refractivity contribution in [1.82, 2.24) is 5.32 Å². The molecule has 0 heterocycles. The number of hydrogen-bond donors (Lipinski definition) is 3. The van der Waals surface area contributed by atoms with Gasteiger partial charge in [-0.3, -0.25) is 4.79 Å². The number of hydrogen-bond acceptors (Lipinski definition) is 3. The molecule has 0 aromatic carbocycles. The van der Waals surface area contributed by atoms with Crippen LogP contribution in [0.3, 0.4) is 0 Å². The van der Waals surface area contributed by atoms with Gasteiger partial charge in [-0.25, -0.2) is 0 Å². The average Bonchev–Trinajstić information content (AvgIpc) is 3.23. The first kappa shape index (κ1) is 15.1. The molecule has 1 amide bonds. The first-order valence-electron chi connectivity index (χ1n) is 7.87. The Morgan fingerprint density at radius 2 is 1.95 bits per heavy atom. The van der Waals surface area contributed by atoms with Gasteiger partial charge in [0.25, 0.3) is 0 Å². The van der Waals surface area contributed by atoms with E-state index in [2.05, 4.69) is 10.5 Å². The van der Waals surface area contributed by atoms with E-state index in [0.29, 0.717) is 12.8 Å². The Morgan fingerprint density at radius 3 is 2.45 bits per heavy atom. The zero-order chi connectivity index (χ0) is 14.6. The van der Waals surface area contributed by atoms with Crippen LogP contribution in [0.5, 0.6) is 0 Å². The van der Waals surface area contributed by atoms with Crippen LogP contribution in [0.15, 0.2) is 5.16 Å². The van der Waals surface area contributed by atoms with E-state index in [1.54, 1.807) is 0 Å². The van der Waals surface area contributed by atoms with Gasteiger partial charge in [-0.2, -0.15) is 0 Å². The van der Waals surface area contributed by atoms with E-state index in [1.807, 2.05) is 6.92 Å². The number of amides is 1. The highest BCUT2D eigenvalue weighted by Gasteiger charge is 2.43. The highest BCUT2D eigenvalue weighted by Crippen LogP contribution is 2.37. The van der Waals surface area contributed by atoms with Crippen LogP contribution in [0, 0.1) is 11.3 Å². The molecule has 2 saturated carbocycles. The van der Waals surface area contributed by atoms with Crippen molar-refractivity contribution in [3.05, 3.63) is 0 Å². The van der Waals surface area contributed by atoms with Gasteiger partial charge in [-0.05, 0) is 32.1 Å². The van der Waals surface area contributed by atoms with E-state index in [0.717, 1.165) is 38.0 Å². The van der Waals surface area contributed by atoms with Crippen molar-refractivity contribution in [1.29, 1.82) is 0 Å². The fourth-order valence-corrected chi connectivity index (χ4v) is 3.30. The fraction of sp³-hybridized carbons (Fsp3) is 0.867. The Morgan fingerprint density at radius 1 is 1.35 bits per heavy atom. The number of nitrogens with zero attached hydrogens (tertiary/aromatic N) is 1. The maximum absolute atomic E-state index is 12.7. The number of rotatable bonds is 5. The van der Waals surface area contributed by atoms with E-state index in [4.69, 9.17) is 10.9 Å². The van der Waals surface area contributed by atoms with Crippen LogP contribution >= 0.6 is 0 Å². The summed E-state index contributed by atoms with van der Waals surface area (Å²) < 4.78 is 0. The fourth-order valence-electron chi connectivity index (χ4n) is 3.30. The molecule has 2 fully saturated rings. The second kappa shape index (κ2) is 6.46. The lowest BCUT2D eigenvalue weighted by atomic mass is 9.78. The SMILES string of the molecule is CC(CC1CC1)NC(=O)C1(C(N)=NO)CCCCCC1. The van der Waals surface area contributed by atoms with Crippen molar-refractivity contribution >= 4 is 11.7 Å². The minimum Gasteiger partial charge on any atom is -0.409 e. The lowest BCUT2D eigenvalue weighted by Gasteiger charge is -2.31. The first-order valence-corrected chi connectivity index (χ1v) is 7.87. The van der Waals surface area contributed by atoms with Crippen molar-refractivity contribution in [3.63, 3.8) is 0 Å². The number of nitrogens with two attached hydrogens (primary N) is 1. The molecule has 5 nitrogen and oxygen atoms in total. The molecule has 2 rings (SSSR count). The predicted molar refractivity (Wildman–Crippen MR) is 78.5 cm³/mol. The average molecular weight is 281 g/mol. The second-order valence-electron chi connectivity index (χ2n) is 6.54. The normalized spacial score (nSPS) is 24.8. The van der Waals surface area contributed by atoms with Crippen LogP contribution in [0.4, 0.5) is 0 Å². The van der Waals surface area contributed by atoms with Crippen LogP contribution in [0.25, 0.3) is 0 Å². The largest absolute Gasteiger partial charge is 0.409 e. The zero-order valence-corrected chi connectivity index (χ0v) is 12.4. The smallest absolute Gasteiger partial charge is 0.234 e. The quantitative estimate of drug-likeness (QED) is 0.238. The summed E-state index contributed by atoms with van der Waals surface area (Å²) in [6.07, 6.45) is 9.13. The third-order valence-corrected chi connectivity index (χ3v) is 4.75. The molecule has 2 aliphatic rings. The molecule has 5 heteroatoms. The van der Waals surface area contributed by atoms with Crippen molar-refractivity contribution in [3.8, 4) is 0 Å². The van der Waals surface area contributed by atoms with Gasteiger partial charge in [-0.1, -0.05) is 43.7 Å². The van der Waals surface area contributed by atoms with Crippen molar-refractivity contribution in [2.75, 3.05) is 0 Å². The van der Waals surface area contributed by atoms with Gasteiger partial charge in [0.05, 0.1) is 0 Å². The van der Waals surface area contributed by atoms with Gasteiger partial charge in [0, 0.05) is 6.04 Å². The summed E-state index contributed by atoms with van der Waals surface area (Å²) in [4.78, 5) is 12.7. The number of nitrogens with one attached hydrogen (secondary N) is 1. The summed E-state index contributed by atoms with van der Waals surface area (Å²) in [5, 5.41) is 15.3. The predicted octanol–water partition coefficient (Wildman–Crippen LogP) is 2.38. The summed E-state index contributed by atoms with van der Waals surface area (Å²) in [6, 6.07) is 0.168. The van der Waals surface area contributed by atoms with E-state index in [-0.39, 0.29) is 17.8 Å². The molecule has 1 unspecified atom stereocenters. The van der Waals surface area contributed by atoms with E-state index < -0.39 is 5.41 Å². The lowest BCUT2D eigenvalue weighted by molar-refractivity contribution is -0.129. The minimum atomic E-state index is -0.803. The van der Waals surface area contributed by atoms with Gasteiger partial charge < -0.3 is 16.3 Å². The van der Waals surface area contributed by atoms with Crippen LogP contribution in [0.2, 0.25) is 0 Å². The number of carbonyl (C=O) groups is 1. The molecular formula is C15H27N3O2. The van der Waals surface area contributed by atoms with Crippen molar-refractivity contribution in [2.45, 2.75) is 70.8 Å². The van der Waals surface area contributed by atoms with E-state index in [1.165, 1.54) is 12.8 Å². The third-order valence-electron chi connectivity index (χ3n) is 4.75. The first-order chi connectivity index (χ1) is 9.58. The number of oxime groups is 1. The molecule has 2 aliphatic carbocycles. The van der Waals surface area contributed by atoms with Gasteiger partial charge in [0.1, 0.15) is 5.41 Å². The molecule has 0 bridgehead atoms. The molecule has 0 aromatic heterocycles. The summed E-state index contributed by atoms with van der Waals surface area (Å²) in [5.74, 6) is 0.803. The second-order valence-corrected chi connectivity index (χ2v) is 6.54. The van der Waals surface area contributed by atoms with Crippen LogP contribution in [-0.4, -0.2) is 23.0 Å². The Hall–Kier alpha value is -1.26. The van der Waals surface area contributed by atoms with E-state index in [9.17, 15) is 4.79 Å². The molecular weight excluding hydrogens is 254 g/mol. The molecule has 0 spiro atoms. The third kappa shape index (κ3) is 3.44. The van der Waals surface area contributed by atoms with Crippen molar-refractivity contribution < 1.29 is 10.0 Å². The highest BCUT2D eigenvalue weighted by molar-refractivity contribution is 6.06. The van der Waals surface area contributed by atoms with Crippen LogP contribution in [-0.2, 0) is 4.79 Å². The molecule has 4 N–H and O–H groups in total. The van der Waals surface area contributed by atoms with Gasteiger partial charge >= 0.3 is 0 Å². The molecule has 0 aromatic rings. The number of amidine groups is 1. The lowest BCUT2D eigenvalue weighted by Crippen LogP contribution is -2.51. The van der Waals surface area contributed by atoms with Crippen LogP contribution < -0.4 is 11.1 Å². The molecule has 20 heavy (non-hydrogen) atoms. The Balaban J connectivity index is 2.06. The number of carbonyl (C=O) groups excluding carboxylic acids is 1. The topological polar surface area (TPSA) is 87.7 Å². The highest BCUT2D eigenvalue weighted by atomic mass is 16.4. The van der Waals surface area contributed by atoms with Gasteiger partial charge in [0.2, 0.25) is 5.91 Å². The summed E-state index contributed by atoms with van der Waals surface area (Å²) >= 11 is 0. The Labute approximate surface area is 121 Å². The molecule has 0 aliphatic heterocycles. The summed E-state index contributed by atoms with van der Waals surface area (Å²) in [6.45, 7) is 2.05. The summed E-state index contributed by atoms with van der Waals surface area (Å²) in [7, 11) is 0. The molecule has 0 saturated heterocycles. The van der Waals surface area contributed by atoms with E-state index >= 15 is 0 Å². The zero-order valence-electron chi connectivity index (χ0n) is 12.4. The summed E-state index contributed by atoms with van der Waals surface area (Å²) in [5.41, 5.74) is 5.08. The molecule has 1 atom stereocenters. The van der Waals surface area contributed by atoms with Gasteiger partial charge in [0.15, 0.2) is 5.84 Å². The van der Waals surface area contributed by atoms with Crippen molar-refractivity contribution in [2.24, 2.45) is 22.2 Å². The molecule has 0 radical (unpaired) electrons. The standard InChI is InChI=1S/C15H27N3O2/c1-11(10-12-6-7-12)17-14(19)15(13(16)18-20)8-4-2-3-5-9-15/h11-12,20H,2-10H2,1H3,(H2,16,18)(H,17,19). The van der Waals surface area contributed by atoms with Gasteiger partial charge in [-0.15, -0.1) is 0 Å². The Bertz CT molecular complexity index is 369. The Kier molecular flexibility index (Phi) is 4.89. The van der Waals surface area contributed by atoms with Crippen LogP contribution in [0.1, 0.15) is 64.7 Å². The minimum absolute atomic E-state index is 0.0529.